The molecule has 2 N–H and O–H groups in total. The highest BCUT2D eigenvalue weighted by molar-refractivity contribution is 8.00. The van der Waals surface area contributed by atoms with E-state index in [9.17, 15) is 4.79 Å². The van der Waals surface area contributed by atoms with Gasteiger partial charge >= 0.3 is 0 Å². The number of nitrogens with two attached hydrogens (primary N) is 1. The molecule has 0 aliphatic rings. The van der Waals surface area contributed by atoms with E-state index in [2.05, 4.69) is 16.1 Å². The van der Waals surface area contributed by atoms with Crippen molar-refractivity contribution in [2.75, 3.05) is 5.73 Å². The van der Waals surface area contributed by atoms with Crippen LogP contribution < -0.4 is 5.73 Å². The van der Waals surface area contributed by atoms with Crippen LogP contribution >= 0.6 is 23.1 Å². The van der Waals surface area contributed by atoms with Crippen molar-refractivity contribution < 1.29 is 4.79 Å². The maximum Gasteiger partial charge on any atom is 0.280 e. The average molecular weight is 391 g/mol. The quantitative estimate of drug-likeness (QED) is 0.529. The molecule has 0 radical (unpaired) electrons. The fourth-order valence-electron chi connectivity index (χ4n) is 2.53. The van der Waals surface area contributed by atoms with Crippen molar-refractivity contribution >= 4 is 45.0 Å². The number of para-hydroxylation sites is 1. The third-order valence-electron chi connectivity index (χ3n) is 3.96. The summed E-state index contributed by atoms with van der Waals surface area (Å²) in [6.45, 7) is 0. The van der Waals surface area contributed by atoms with Gasteiger partial charge in [0.15, 0.2) is 4.34 Å². The summed E-state index contributed by atoms with van der Waals surface area (Å²) >= 11 is 3.34. The summed E-state index contributed by atoms with van der Waals surface area (Å²) in [6.07, 6.45) is 1.29. The van der Waals surface area contributed by atoms with E-state index in [1.165, 1.54) is 10.9 Å². The molecule has 8 heteroatoms. The molecule has 2 heterocycles. The summed E-state index contributed by atoms with van der Waals surface area (Å²) in [5, 5.41) is 12.8. The maximum atomic E-state index is 12.5. The van der Waals surface area contributed by atoms with Crippen LogP contribution in [0.4, 0.5) is 5.82 Å². The Morgan fingerprint density at radius 3 is 2.70 bits per heavy atom. The summed E-state index contributed by atoms with van der Waals surface area (Å²) in [5.74, 6) is 0.453. The molecule has 0 saturated carbocycles. The predicted molar refractivity (Wildman–Crippen MR) is 107 cm³/mol. The van der Waals surface area contributed by atoms with Crippen LogP contribution in [0.3, 0.4) is 0 Å². The van der Waals surface area contributed by atoms with Gasteiger partial charge in [0.1, 0.15) is 17.5 Å². The van der Waals surface area contributed by atoms with Crippen LogP contribution in [0.15, 0.2) is 59.1 Å². The van der Waals surface area contributed by atoms with Crippen LogP contribution in [-0.4, -0.2) is 20.7 Å². The van der Waals surface area contributed by atoms with E-state index in [1.54, 1.807) is 35.2 Å². The van der Waals surface area contributed by atoms with Gasteiger partial charge in [0.05, 0.1) is 16.4 Å². The van der Waals surface area contributed by atoms with Crippen molar-refractivity contribution in [2.45, 2.75) is 10.1 Å². The monoisotopic (exact) mass is 391 g/mol. The van der Waals surface area contributed by atoms with Gasteiger partial charge < -0.3 is 5.73 Å². The molecule has 0 unspecified atom stereocenters. The number of carbonyl (C=O) groups is 1. The van der Waals surface area contributed by atoms with E-state index in [-0.39, 0.29) is 17.3 Å². The molecule has 0 fully saturated rings. The van der Waals surface area contributed by atoms with Gasteiger partial charge in [-0.1, -0.05) is 36.0 Å². The minimum absolute atomic E-state index is 0.0537. The number of thiazole rings is 1. The van der Waals surface area contributed by atoms with Crippen molar-refractivity contribution in [1.82, 2.24) is 14.8 Å². The predicted octanol–water partition coefficient (Wildman–Crippen LogP) is 3.93. The Labute approximate surface area is 163 Å². The smallest absolute Gasteiger partial charge is 0.280 e. The first kappa shape index (κ1) is 17.3. The highest BCUT2D eigenvalue weighted by Crippen LogP contribution is 2.31. The van der Waals surface area contributed by atoms with Gasteiger partial charge in [0.25, 0.3) is 5.91 Å². The standard InChI is InChI=1S/C19H13N5OS2/c20-9-14-10-22-24(17(14)21)18(25)13-7-5-12(6-8-13)11-26-19-23-15-3-1-2-4-16(15)27-19/h1-8,10H,11,21H2. The molecule has 2 aromatic heterocycles. The van der Waals surface area contributed by atoms with Crippen molar-refractivity contribution in [2.24, 2.45) is 0 Å². The van der Waals surface area contributed by atoms with Gasteiger partial charge in [-0.05, 0) is 29.8 Å². The number of thioether (sulfide) groups is 1. The van der Waals surface area contributed by atoms with E-state index >= 15 is 0 Å². The van der Waals surface area contributed by atoms with Crippen LogP contribution in [0.1, 0.15) is 21.5 Å². The molecule has 4 rings (SSSR count). The average Bonchev–Trinajstić information content (AvgIpc) is 3.29. The first-order valence-corrected chi connectivity index (χ1v) is 9.81. The van der Waals surface area contributed by atoms with Crippen LogP contribution in [0.5, 0.6) is 0 Å². The van der Waals surface area contributed by atoms with E-state index in [1.807, 2.05) is 36.4 Å². The van der Waals surface area contributed by atoms with Crippen molar-refractivity contribution in [3.8, 4) is 6.07 Å². The normalized spacial score (nSPS) is 10.8. The van der Waals surface area contributed by atoms with Gasteiger partial charge in [-0.3, -0.25) is 4.79 Å². The zero-order chi connectivity index (χ0) is 18.8. The molecule has 0 bridgehead atoms. The summed E-state index contributed by atoms with van der Waals surface area (Å²) < 4.78 is 3.24. The van der Waals surface area contributed by atoms with Crippen LogP contribution in [-0.2, 0) is 5.75 Å². The van der Waals surface area contributed by atoms with Gasteiger partial charge in [-0.2, -0.15) is 15.0 Å². The number of hydrogen-bond acceptors (Lipinski definition) is 7. The van der Waals surface area contributed by atoms with Crippen LogP contribution in [0, 0.1) is 11.3 Å². The number of nitrogen functional groups attached to an aromatic ring is 1. The Morgan fingerprint density at radius 1 is 1.22 bits per heavy atom. The fraction of sp³-hybridized carbons (Fsp3) is 0.0526. The molecule has 0 atom stereocenters. The maximum absolute atomic E-state index is 12.5. The first-order valence-electron chi connectivity index (χ1n) is 8.01. The molecule has 27 heavy (non-hydrogen) atoms. The zero-order valence-electron chi connectivity index (χ0n) is 14.0. The lowest BCUT2D eigenvalue weighted by atomic mass is 10.1. The number of carbonyl (C=O) groups excluding carboxylic acids is 1. The topological polar surface area (TPSA) is 97.6 Å². The van der Waals surface area contributed by atoms with E-state index in [0.29, 0.717) is 5.56 Å². The first-order chi connectivity index (χ1) is 13.2. The molecular weight excluding hydrogens is 378 g/mol. The Balaban J connectivity index is 1.46. The number of fused-ring (bicyclic) bond motifs is 1. The fourth-order valence-corrected chi connectivity index (χ4v) is 4.55. The second-order valence-electron chi connectivity index (χ2n) is 5.71. The second kappa shape index (κ2) is 7.23. The molecule has 4 aromatic rings. The lowest BCUT2D eigenvalue weighted by molar-refractivity contribution is 0.0948. The molecule has 6 nitrogen and oxygen atoms in total. The molecular formula is C19H13N5OS2. The number of rotatable bonds is 4. The third-order valence-corrected chi connectivity index (χ3v) is 6.21. The third kappa shape index (κ3) is 3.43. The van der Waals surface area contributed by atoms with Gasteiger partial charge in [-0.25, -0.2) is 4.98 Å². The summed E-state index contributed by atoms with van der Waals surface area (Å²) in [6, 6.07) is 17.3. The molecule has 2 aromatic carbocycles. The highest BCUT2D eigenvalue weighted by atomic mass is 32.2. The molecule has 0 saturated heterocycles. The number of anilines is 1. The van der Waals surface area contributed by atoms with Crippen LogP contribution in [0.25, 0.3) is 10.2 Å². The molecule has 132 valence electrons. The van der Waals surface area contributed by atoms with E-state index < -0.39 is 0 Å². The molecule has 0 spiro atoms. The summed E-state index contributed by atoms with van der Waals surface area (Å²) in [4.78, 5) is 17.1. The number of hydrogen-bond donors (Lipinski definition) is 1. The Morgan fingerprint density at radius 2 is 2.00 bits per heavy atom. The van der Waals surface area contributed by atoms with Crippen molar-refractivity contribution in [3.05, 3.63) is 71.4 Å². The number of nitriles is 1. The lowest BCUT2D eigenvalue weighted by Gasteiger charge is -2.04. The summed E-state index contributed by atoms with van der Waals surface area (Å²) in [5.41, 5.74) is 8.52. The molecule has 0 amide bonds. The second-order valence-corrected chi connectivity index (χ2v) is 7.96. The van der Waals surface area contributed by atoms with Gasteiger partial charge in [0.2, 0.25) is 0 Å². The number of nitrogens with zero attached hydrogens (tertiary/aromatic N) is 4. The van der Waals surface area contributed by atoms with Gasteiger partial charge in [0, 0.05) is 11.3 Å². The minimum atomic E-state index is -0.362. The zero-order valence-corrected chi connectivity index (χ0v) is 15.6. The number of aromatic nitrogens is 3. The van der Waals surface area contributed by atoms with Crippen molar-refractivity contribution in [3.63, 3.8) is 0 Å². The van der Waals surface area contributed by atoms with E-state index in [4.69, 9.17) is 11.0 Å². The van der Waals surface area contributed by atoms with Crippen molar-refractivity contribution in [1.29, 1.82) is 5.26 Å². The molecule has 0 aliphatic heterocycles. The van der Waals surface area contributed by atoms with Gasteiger partial charge in [-0.15, -0.1) is 11.3 Å². The largest absolute Gasteiger partial charge is 0.382 e. The van der Waals surface area contributed by atoms with Crippen LogP contribution in [0.2, 0.25) is 0 Å². The SMILES string of the molecule is N#Cc1cnn(C(=O)c2ccc(CSc3nc4ccccc4s3)cc2)c1N. The highest BCUT2D eigenvalue weighted by Gasteiger charge is 2.15. The Bertz CT molecular complexity index is 1140. The minimum Gasteiger partial charge on any atom is -0.382 e. The molecule has 0 aliphatic carbocycles. The Kier molecular flexibility index (Phi) is 4.62. The lowest BCUT2D eigenvalue weighted by Crippen LogP contribution is -2.16. The Hall–Kier alpha value is -3.15. The van der Waals surface area contributed by atoms with E-state index in [0.717, 1.165) is 25.9 Å². The summed E-state index contributed by atoms with van der Waals surface area (Å²) in [7, 11) is 0. The number of benzene rings is 2.